The number of hydrogen-bond donors (Lipinski definition) is 1. The Hall–Kier alpha value is -2.58. The van der Waals surface area contributed by atoms with Crippen LogP contribution in [-0.2, 0) is 4.79 Å². The zero-order valence-electron chi connectivity index (χ0n) is 14.9. The number of halogens is 1. The maximum absolute atomic E-state index is 13.4. The number of amides is 2. The molecule has 3 aromatic rings. The predicted molar refractivity (Wildman–Crippen MR) is 109 cm³/mol. The Morgan fingerprint density at radius 1 is 1.14 bits per heavy atom. The maximum atomic E-state index is 13.4. The van der Waals surface area contributed by atoms with Crippen molar-refractivity contribution in [1.82, 2.24) is 9.88 Å². The van der Waals surface area contributed by atoms with Gasteiger partial charge in [-0.2, -0.15) is 0 Å². The first-order valence-corrected chi connectivity index (χ1v) is 10.7. The number of thiophene rings is 1. The second-order valence-electron chi connectivity index (χ2n) is 6.58. The number of nitrogens with one attached hydrogen (secondary N) is 1. The largest absolute Gasteiger partial charge is 0.338 e. The molecular formula is C20H18FN3O2S2. The molecule has 0 aliphatic carbocycles. The molecule has 1 aliphatic heterocycles. The number of thiazole rings is 1. The van der Waals surface area contributed by atoms with Crippen LogP contribution in [0, 0.1) is 11.7 Å². The number of aromatic nitrogens is 1. The third-order valence-corrected chi connectivity index (χ3v) is 6.36. The standard InChI is InChI=1S/C20H18FN3O2S2/c21-15-4-1-3-14(11-15)16-12-28-20(22-16)23-18(25)13-6-8-24(9-7-13)19(26)17-5-2-10-27-17/h1-5,10-13H,6-9H2,(H,22,23,25). The average molecular weight is 416 g/mol. The van der Waals surface area contributed by atoms with E-state index in [9.17, 15) is 14.0 Å². The minimum Gasteiger partial charge on any atom is -0.338 e. The van der Waals surface area contributed by atoms with Crippen LogP contribution < -0.4 is 5.32 Å². The molecule has 5 nitrogen and oxygen atoms in total. The number of carbonyl (C=O) groups excluding carboxylic acids is 2. The molecule has 4 rings (SSSR count). The van der Waals surface area contributed by atoms with Crippen LogP contribution in [0.3, 0.4) is 0 Å². The summed E-state index contributed by atoms with van der Waals surface area (Å²) in [6, 6.07) is 9.90. The van der Waals surface area contributed by atoms with Gasteiger partial charge in [0.1, 0.15) is 5.82 Å². The minimum atomic E-state index is -0.319. The summed E-state index contributed by atoms with van der Waals surface area (Å²) >= 11 is 2.75. The Bertz CT molecular complexity index is 979. The summed E-state index contributed by atoms with van der Waals surface area (Å²) in [5, 5.41) is 7.05. The number of hydrogen-bond acceptors (Lipinski definition) is 5. The van der Waals surface area contributed by atoms with Crippen molar-refractivity contribution in [2.24, 2.45) is 5.92 Å². The van der Waals surface area contributed by atoms with Crippen LogP contribution in [0.4, 0.5) is 9.52 Å². The van der Waals surface area contributed by atoms with Crippen LogP contribution in [0.25, 0.3) is 11.3 Å². The van der Waals surface area contributed by atoms with Crippen LogP contribution >= 0.6 is 22.7 Å². The Labute approximate surface area is 169 Å². The van der Waals surface area contributed by atoms with E-state index >= 15 is 0 Å². The van der Waals surface area contributed by atoms with Crippen LogP contribution in [0.1, 0.15) is 22.5 Å². The number of piperidine rings is 1. The molecule has 0 radical (unpaired) electrons. The number of carbonyl (C=O) groups is 2. The predicted octanol–water partition coefficient (Wildman–Crippen LogP) is 4.50. The third-order valence-electron chi connectivity index (χ3n) is 4.74. The fourth-order valence-electron chi connectivity index (χ4n) is 3.22. The van der Waals surface area contributed by atoms with Gasteiger partial charge in [0.2, 0.25) is 5.91 Å². The van der Waals surface area contributed by atoms with E-state index in [2.05, 4.69) is 10.3 Å². The number of likely N-dealkylation sites (tertiary alicyclic amines) is 1. The summed E-state index contributed by atoms with van der Waals surface area (Å²) in [4.78, 5) is 31.9. The highest BCUT2D eigenvalue weighted by Gasteiger charge is 2.28. The average Bonchev–Trinajstić information content (AvgIpc) is 3.40. The van der Waals surface area contributed by atoms with Crippen molar-refractivity contribution >= 4 is 39.6 Å². The Morgan fingerprint density at radius 2 is 1.96 bits per heavy atom. The van der Waals surface area contributed by atoms with Crippen molar-refractivity contribution in [3.8, 4) is 11.3 Å². The Morgan fingerprint density at radius 3 is 2.68 bits per heavy atom. The number of nitrogens with zero attached hydrogens (tertiary/aromatic N) is 2. The monoisotopic (exact) mass is 415 g/mol. The number of benzene rings is 1. The van der Waals surface area contributed by atoms with Gasteiger partial charge < -0.3 is 10.2 Å². The van der Waals surface area contributed by atoms with E-state index < -0.39 is 0 Å². The molecule has 28 heavy (non-hydrogen) atoms. The molecule has 1 saturated heterocycles. The molecule has 1 N–H and O–H groups in total. The van der Waals surface area contributed by atoms with Gasteiger partial charge in [0.05, 0.1) is 10.6 Å². The lowest BCUT2D eigenvalue weighted by Crippen LogP contribution is -2.41. The Balaban J connectivity index is 1.33. The van der Waals surface area contributed by atoms with Crippen molar-refractivity contribution < 1.29 is 14.0 Å². The highest BCUT2D eigenvalue weighted by molar-refractivity contribution is 7.14. The van der Waals surface area contributed by atoms with Crippen molar-refractivity contribution in [1.29, 1.82) is 0 Å². The maximum Gasteiger partial charge on any atom is 0.263 e. The van der Waals surface area contributed by atoms with E-state index in [0.717, 1.165) is 4.88 Å². The van der Waals surface area contributed by atoms with Crippen LogP contribution in [-0.4, -0.2) is 34.8 Å². The molecule has 2 aromatic heterocycles. The normalized spacial score (nSPS) is 14.8. The molecule has 8 heteroatoms. The van der Waals surface area contributed by atoms with Crippen molar-refractivity contribution in [3.05, 3.63) is 57.9 Å². The summed E-state index contributed by atoms with van der Waals surface area (Å²) in [7, 11) is 0. The van der Waals surface area contributed by atoms with E-state index in [-0.39, 0.29) is 23.5 Å². The summed E-state index contributed by atoms with van der Waals surface area (Å²) in [5.41, 5.74) is 1.31. The molecule has 0 saturated carbocycles. The zero-order chi connectivity index (χ0) is 19.5. The van der Waals surface area contributed by atoms with Gasteiger partial charge in [0.15, 0.2) is 5.13 Å². The molecule has 0 spiro atoms. The first-order valence-electron chi connectivity index (χ1n) is 8.95. The molecule has 0 unspecified atom stereocenters. The smallest absolute Gasteiger partial charge is 0.263 e. The lowest BCUT2D eigenvalue weighted by molar-refractivity contribution is -0.121. The van der Waals surface area contributed by atoms with Gasteiger partial charge in [-0.05, 0) is 36.4 Å². The van der Waals surface area contributed by atoms with Gasteiger partial charge in [0, 0.05) is 30.0 Å². The Kier molecular flexibility index (Phi) is 5.50. The molecule has 1 aromatic carbocycles. The summed E-state index contributed by atoms with van der Waals surface area (Å²) < 4.78 is 13.4. The highest BCUT2D eigenvalue weighted by Crippen LogP contribution is 2.27. The second kappa shape index (κ2) is 8.20. The van der Waals surface area contributed by atoms with Crippen LogP contribution in [0.15, 0.2) is 47.2 Å². The lowest BCUT2D eigenvalue weighted by Gasteiger charge is -2.30. The SMILES string of the molecule is O=C(Nc1nc(-c2cccc(F)c2)cs1)C1CCN(C(=O)c2cccs2)CC1. The quantitative estimate of drug-likeness (QED) is 0.682. The van der Waals surface area contributed by atoms with E-state index in [1.165, 1.54) is 34.8 Å². The molecule has 144 valence electrons. The second-order valence-corrected chi connectivity index (χ2v) is 8.39. The first-order chi connectivity index (χ1) is 13.6. The summed E-state index contributed by atoms with van der Waals surface area (Å²) in [5.74, 6) is -0.509. The van der Waals surface area contributed by atoms with Gasteiger partial charge in [-0.25, -0.2) is 9.37 Å². The molecule has 0 atom stereocenters. The van der Waals surface area contributed by atoms with Crippen molar-refractivity contribution in [2.45, 2.75) is 12.8 Å². The fourth-order valence-corrected chi connectivity index (χ4v) is 4.63. The van der Waals surface area contributed by atoms with Gasteiger partial charge in [0.25, 0.3) is 5.91 Å². The number of rotatable bonds is 4. The number of anilines is 1. The van der Waals surface area contributed by atoms with Gasteiger partial charge in [-0.1, -0.05) is 18.2 Å². The van der Waals surface area contributed by atoms with Gasteiger partial charge in [-0.15, -0.1) is 22.7 Å². The topological polar surface area (TPSA) is 62.3 Å². The lowest BCUT2D eigenvalue weighted by atomic mass is 9.96. The third kappa shape index (κ3) is 4.13. The summed E-state index contributed by atoms with van der Waals surface area (Å²) in [6.45, 7) is 1.14. The summed E-state index contributed by atoms with van der Waals surface area (Å²) in [6.07, 6.45) is 1.26. The molecule has 3 heterocycles. The zero-order valence-corrected chi connectivity index (χ0v) is 16.6. The molecule has 0 bridgehead atoms. The van der Waals surface area contributed by atoms with E-state index in [4.69, 9.17) is 0 Å². The van der Waals surface area contributed by atoms with Gasteiger partial charge >= 0.3 is 0 Å². The van der Waals surface area contributed by atoms with Crippen LogP contribution in [0.5, 0.6) is 0 Å². The molecule has 1 fully saturated rings. The van der Waals surface area contributed by atoms with E-state index in [1.807, 2.05) is 17.5 Å². The van der Waals surface area contributed by atoms with Crippen molar-refractivity contribution in [2.75, 3.05) is 18.4 Å². The minimum absolute atomic E-state index is 0.0357. The fraction of sp³-hybridized carbons (Fsp3) is 0.250. The molecule has 1 aliphatic rings. The van der Waals surface area contributed by atoms with Gasteiger partial charge in [-0.3, -0.25) is 9.59 Å². The molecular weight excluding hydrogens is 397 g/mol. The van der Waals surface area contributed by atoms with Crippen LogP contribution in [0.2, 0.25) is 0 Å². The highest BCUT2D eigenvalue weighted by atomic mass is 32.1. The van der Waals surface area contributed by atoms with Crippen molar-refractivity contribution in [3.63, 3.8) is 0 Å². The first kappa shape index (κ1) is 18.8. The van der Waals surface area contributed by atoms with E-state index in [0.29, 0.717) is 42.3 Å². The molecule has 2 amide bonds. The van der Waals surface area contributed by atoms with E-state index in [1.54, 1.807) is 22.4 Å².